The molecule has 0 bridgehead atoms. The molecule has 0 aromatic carbocycles. The van der Waals surface area contributed by atoms with Crippen molar-refractivity contribution >= 4 is 29.0 Å². The van der Waals surface area contributed by atoms with E-state index in [0.29, 0.717) is 6.54 Å². The van der Waals surface area contributed by atoms with E-state index in [1.165, 1.54) is 23.5 Å². The van der Waals surface area contributed by atoms with Crippen molar-refractivity contribution in [2.24, 2.45) is 5.73 Å². The van der Waals surface area contributed by atoms with Crippen LogP contribution in [0.25, 0.3) is 0 Å². The maximum absolute atomic E-state index is 12.0. The molecule has 0 saturated heterocycles. The summed E-state index contributed by atoms with van der Waals surface area (Å²) >= 11 is 3.30. The van der Waals surface area contributed by atoms with Crippen LogP contribution < -0.4 is 11.1 Å². The van der Waals surface area contributed by atoms with Crippen molar-refractivity contribution in [2.45, 2.75) is 26.2 Å². The van der Waals surface area contributed by atoms with Gasteiger partial charge in [0.25, 0.3) is 5.91 Å². The monoisotopic (exact) mass is 310 g/mol. The number of thioether (sulfide) groups is 1. The minimum absolute atomic E-state index is 0.00349. The molecule has 0 saturated carbocycles. The molecule has 0 fully saturated rings. The van der Waals surface area contributed by atoms with E-state index in [4.69, 9.17) is 5.73 Å². The third-order valence-electron chi connectivity index (χ3n) is 2.76. The molecule has 20 heavy (non-hydrogen) atoms. The van der Waals surface area contributed by atoms with Gasteiger partial charge in [-0.3, -0.25) is 4.79 Å². The molecule has 0 unspecified atom stereocenters. The topological polar surface area (TPSA) is 55.1 Å². The molecule has 1 amide bonds. The van der Waals surface area contributed by atoms with Crippen molar-refractivity contribution in [3.05, 3.63) is 21.4 Å². The summed E-state index contributed by atoms with van der Waals surface area (Å²) in [6.07, 6.45) is 5.54. The van der Waals surface area contributed by atoms with Gasteiger partial charge < -0.3 is 11.1 Å². The van der Waals surface area contributed by atoms with Crippen LogP contribution in [0.3, 0.4) is 0 Å². The number of rotatable bonds is 7. The number of aryl methyl sites for hydroxylation is 1. The fraction of sp³-hybridized carbons (Fsp3) is 0.533. The van der Waals surface area contributed by atoms with Gasteiger partial charge in [-0.1, -0.05) is 18.3 Å². The number of thiophene rings is 1. The first-order valence-corrected chi connectivity index (χ1v) is 8.96. The van der Waals surface area contributed by atoms with Gasteiger partial charge in [0, 0.05) is 6.54 Å². The number of unbranched alkanes of at least 4 members (excludes halogenated alkanes) is 2. The maximum Gasteiger partial charge on any atom is 0.261 e. The third-order valence-corrected chi connectivity index (χ3v) is 4.60. The van der Waals surface area contributed by atoms with Gasteiger partial charge in [0.15, 0.2) is 0 Å². The Labute approximate surface area is 129 Å². The van der Waals surface area contributed by atoms with E-state index in [-0.39, 0.29) is 5.91 Å². The zero-order valence-electron chi connectivity index (χ0n) is 12.1. The van der Waals surface area contributed by atoms with E-state index in [0.717, 1.165) is 34.7 Å². The second kappa shape index (κ2) is 9.87. The van der Waals surface area contributed by atoms with Crippen LogP contribution in [-0.2, 0) is 0 Å². The predicted molar refractivity (Wildman–Crippen MR) is 89.6 cm³/mol. The second-order valence-electron chi connectivity index (χ2n) is 4.44. The van der Waals surface area contributed by atoms with Gasteiger partial charge in [-0.15, -0.1) is 11.3 Å². The summed E-state index contributed by atoms with van der Waals surface area (Å²) in [5.41, 5.74) is 6.40. The first kappa shape index (κ1) is 17.1. The van der Waals surface area contributed by atoms with Crippen molar-refractivity contribution in [3.8, 4) is 11.8 Å². The number of hydrogen-bond acceptors (Lipinski definition) is 4. The van der Waals surface area contributed by atoms with Crippen molar-refractivity contribution in [2.75, 3.05) is 25.1 Å². The molecule has 1 rings (SSSR count). The first-order valence-electron chi connectivity index (χ1n) is 6.75. The third kappa shape index (κ3) is 6.00. The Morgan fingerprint density at radius 2 is 2.25 bits per heavy atom. The van der Waals surface area contributed by atoms with Gasteiger partial charge in [0.1, 0.15) is 0 Å². The lowest BCUT2D eigenvalue weighted by Gasteiger charge is -2.03. The van der Waals surface area contributed by atoms with Crippen molar-refractivity contribution < 1.29 is 4.79 Å². The average Bonchev–Trinajstić information content (AvgIpc) is 2.81. The highest BCUT2D eigenvalue weighted by Gasteiger charge is 2.10. The smallest absolute Gasteiger partial charge is 0.261 e. The number of amides is 1. The Morgan fingerprint density at radius 3 is 2.95 bits per heavy atom. The standard InChI is InChI=1S/C15H22N2OS2/c1-12-11-14(20-13(12)7-6-8-16)15(18)17-9-4-3-5-10-19-2/h11H,3-5,8-10,16H2,1-2H3,(H,17,18). The SMILES string of the molecule is CSCCCCCNC(=O)c1cc(C)c(C#CCN)s1. The fourth-order valence-corrected chi connectivity index (χ4v) is 3.14. The van der Waals surface area contributed by atoms with E-state index < -0.39 is 0 Å². The minimum atomic E-state index is 0.00349. The van der Waals surface area contributed by atoms with Gasteiger partial charge in [0.2, 0.25) is 0 Å². The number of nitrogens with one attached hydrogen (secondary N) is 1. The molecule has 0 aliphatic heterocycles. The molecule has 1 aromatic rings. The predicted octanol–water partition coefficient (Wildman–Crippen LogP) is 2.63. The molecule has 0 aliphatic carbocycles. The van der Waals surface area contributed by atoms with Crippen LogP contribution in [0, 0.1) is 18.8 Å². The Hall–Kier alpha value is -0.960. The summed E-state index contributed by atoms with van der Waals surface area (Å²) < 4.78 is 0. The fourth-order valence-electron chi connectivity index (χ4n) is 1.69. The van der Waals surface area contributed by atoms with E-state index >= 15 is 0 Å². The van der Waals surface area contributed by atoms with Crippen LogP contribution in [0.5, 0.6) is 0 Å². The number of carbonyl (C=O) groups is 1. The number of carbonyl (C=O) groups excluding carboxylic acids is 1. The lowest BCUT2D eigenvalue weighted by atomic mass is 10.2. The van der Waals surface area contributed by atoms with Gasteiger partial charge in [0.05, 0.1) is 16.3 Å². The highest BCUT2D eigenvalue weighted by Crippen LogP contribution is 2.20. The largest absolute Gasteiger partial charge is 0.351 e. The Balaban J connectivity index is 2.40. The van der Waals surface area contributed by atoms with Crippen LogP contribution in [0.2, 0.25) is 0 Å². The zero-order chi connectivity index (χ0) is 14.8. The van der Waals surface area contributed by atoms with Gasteiger partial charge in [-0.25, -0.2) is 0 Å². The van der Waals surface area contributed by atoms with Crippen LogP contribution in [0.4, 0.5) is 0 Å². The summed E-state index contributed by atoms with van der Waals surface area (Å²) in [6, 6.07) is 1.90. The molecule has 1 aromatic heterocycles. The molecule has 110 valence electrons. The first-order chi connectivity index (χ1) is 9.69. The van der Waals surface area contributed by atoms with Crippen molar-refractivity contribution in [1.29, 1.82) is 0 Å². The van der Waals surface area contributed by atoms with E-state index in [1.54, 1.807) is 0 Å². The summed E-state index contributed by atoms with van der Waals surface area (Å²) in [7, 11) is 0. The molecular weight excluding hydrogens is 288 g/mol. The van der Waals surface area contributed by atoms with E-state index in [2.05, 4.69) is 23.4 Å². The second-order valence-corrected chi connectivity index (χ2v) is 6.48. The lowest BCUT2D eigenvalue weighted by Crippen LogP contribution is -2.23. The summed E-state index contributed by atoms with van der Waals surface area (Å²) in [6.45, 7) is 3.05. The Morgan fingerprint density at radius 1 is 1.45 bits per heavy atom. The van der Waals surface area contributed by atoms with Crippen LogP contribution in [-0.4, -0.2) is 31.0 Å². The van der Waals surface area contributed by atoms with Crippen LogP contribution in [0.1, 0.15) is 39.4 Å². The van der Waals surface area contributed by atoms with Gasteiger partial charge in [-0.2, -0.15) is 11.8 Å². The quantitative estimate of drug-likeness (QED) is 0.601. The number of hydrogen-bond donors (Lipinski definition) is 2. The van der Waals surface area contributed by atoms with Crippen LogP contribution in [0.15, 0.2) is 6.07 Å². The Kier molecular flexibility index (Phi) is 8.43. The lowest BCUT2D eigenvalue weighted by molar-refractivity contribution is 0.0957. The van der Waals surface area contributed by atoms with Crippen molar-refractivity contribution in [3.63, 3.8) is 0 Å². The van der Waals surface area contributed by atoms with Gasteiger partial charge >= 0.3 is 0 Å². The highest BCUT2D eigenvalue weighted by molar-refractivity contribution is 7.98. The highest BCUT2D eigenvalue weighted by atomic mass is 32.2. The molecular formula is C15H22N2OS2. The van der Waals surface area contributed by atoms with Crippen molar-refractivity contribution in [1.82, 2.24) is 5.32 Å². The maximum atomic E-state index is 12.0. The summed E-state index contributed by atoms with van der Waals surface area (Å²) in [4.78, 5) is 13.7. The summed E-state index contributed by atoms with van der Waals surface area (Å²) in [5, 5.41) is 2.96. The molecule has 0 spiro atoms. The molecule has 1 heterocycles. The molecule has 0 aliphatic rings. The number of nitrogens with two attached hydrogens (primary N) is 1. The molecule has 0 radical (unpaired) electrons. The van der Waals surface area contributed by atoms with E-state index in [1.807, 2.05) is 24.8 Å². The molecule has 5 heteroatoms. The van der Waals surface area contributed by atoms with E-state index in [9.17, 15) is 4.79 Å². The van der Waals surface area contributed by atoms with Crippen LogP contribution >= 0.6 is 23.1 Å². The molecule has 0 atom stereocenters. The zero-order valence-corrected chi connectivity index (χ0v) is 13.8. The average molecular weight is 310 g/mol. The van der Waals surface area contributed by atoms with Gasteiger partial charge in [-0.05, 0) is 43.4 Å². The molecule has 3 N–H and O–H groups in total. The minimum Gasteiger partial charge on any atom is -0.351 e. The summed E-state index contributed by atoms with van der Waals surface area (Å²) in [5.74, 6) is 7.02. The molecule has 3 nitrogen and oxygen atoms in total. The normalized spacial score (nSPS) is 9.95. The Bertz CT molecular complexity index is 486.